The Bertz CT molecular complexity index is 1060. The number of hydrogen-bond donors (Lipinski definition) is 2. The molecule has 0 aliphatic carbocycles. The Balaban J connectivity index is 2.01. The van der Waals surface area contributed by atoms with Crippen molar-refractivity contribution in [2.45, 2.75) is 32.9 Å². The van der Waals surface area contributed by atoms with Gasteiger partial charge in [-0.05, 0) is 43.7 Å². The Labute approximate surface area is 171 Å². The molecule has 0 unspecified atom stereocenters. The van der Waals surface area contributed by atoms with Crippen LogP contribution < -0.4 is 4.90 Å². The van der Waals surface area contributed by atoms with Crippen LogP contribution in [0.4, 0.5) is 28.9 Å². The second-order valence-corrected chi connectivity index (χ2v) is 6.94. The van der Waals surface area contributed by atoms with Gasteiger partial charge < -0.3 is 15.0 Å². The van der Waals surface area contributed by atoms with Crippen molar-refractivity contribution in [3.63, 3.8) is 0 Å². The largest absolute Gasteiger partial charge is 0.494 e. The minimum Gasteiger partial charge on any atom is -0.494 e. The van der Waals surface area contributed by atoms with Gasteiger partial charge in [-0.15, -0.1) is 0 Å². The third-order valence-corrected chi connectivity index (χ3v) is 4.92. The van der Waals surface area contributed by atoms with Crippen LogP contribution in [0.2, 0.25) is 0 Å². The molecule has 8 heteroatoms. The number of H-pyrrole nitrogens is 1. The summed E-state index contributed by atoms with van der Waals surface area (Å²) >= 11 is 0. The number of aromatic amines is 1. The number of nitrogens with one attached hydrogen (secondary N) is 1. The lowest BCUT2D eigenvalue weighted by molar-refractivity contribution is -0.137. The Morgan fingerprint density at radius 3 is 2.60 bits per heavy atom. The van der Waals surface area contributed by atoms with Gasteiger partial charge in [0.05, 0.1) is 22.3 Å². The summed E-state index contributed by atoms with van der Waals surface area (Å²) in [6.45, 7) is 4.78. The number of halogens is 4. The fourth-order valence-corrected chi connectivity index (χ4v) is 3.39. The summed E-state index contributed by atoms with van der Waals surface area (Å²) in [7, 11) is 0. The van der Waals surface area contributed by atoms with E-state index < -0.39 is 17.6 Å². The highest BCUT2D eigenvalue weighted by molar-refractivity contribution is 6.02. The van der Waals surface area contributed by atoms with Crippen molar-refractivity contribution >= 4 is 28.5 Å². The molecule has 0 aliphatic rings. The maximum atomic E-state index is 14.1. The number of aromatic hydroxyl groups is 1. The van der Waals surface area contributed by atoms with E-state index in [1.54, 1.807) is 11.0 Å². The Kier molecular flexibility index (Phi) is 6.34. The highest BCUT2D eigenvalue weighted by Gasteiger charge is 2.35. The number of aliphatic imine (C=N–C) groups is 1. The number of anilines is 1. The zero-order chi connectivity index (χ0) is 21.9. The summed E-state index contributed by atoms with van der Waals surface area (Å²) in [5.41, 5.74) is -0.154. The molecule has 0 fully saturated rings. The summed E-state index contributed by atoms with van der Waals surface area (Å²) in [5.74, 6) is -0.866. The molecule has 4 nitrogen and oxygen atoms in total. The Hall–Kier alpha value is -3.03. The molecule has 3 aromatic rings. The molecule has 0 bridgehead atoms. The van der Waals surface area contributed by atoms with Gasteiger partial charge in [0, 0.05) is 30.4 Å². The van der Waals surface area contributed by atoms with Gasteiger partial charge in [0.1, 0.15) is 5.82 Å². The first-order chi connectivity index (χ1) is 14.3. The molecule has 0 spiro atoms. The first-order valence-electron chi connectivity index (χ1n) is 9.75. The quantitative estimate of drug-likeness (QED) is 0.342. The lowest BCUT2D eigenvalue weighted by atomic mass is 10.1. The molecule has 2 N–H and O–H groups in total. The van der Waals surface area contributed by atoms with E-state index in [9.17, 15) is 22.7 Å². The molecular weight excluding hydrogens is 398 g/mol. The summed E-state index contributed by atoms with van der Waals surface area (Å²) in [5, 5.41) is 10.2. The van der Waals surface area contributed by atoms with Gasteiger partial charge in [0.2, 0.25) is 0 Å². The zero-order valence-electron chi connectivity index (χ0n) is 16.7. The number of hydrogen-bond acceptors (Lipinski definition) is 3. The van der Waals surface area contributed by atoms with Crippen LogP contribution in [0.15, 0.2) is 41.4 Å². The predicted octanol–water partition coefficient (Wildman–Crippen LogP) is 6.41. The third-order valence-electron chi connectivity index (χ3n) is 4.92. The summed E-state index contributed by atoms with van der Waals surface area (Å²) in [6.07, 6.45) is -1.71. The predicted molar refractivity (Wildman–Crippen MR) is 111 cm³/mol. The standard InChI is InChI=1S/C22H23F4N3O/c1-3-5-11-29(4-2)19-10-9-14(12-16(19)22(24,25)26)27-13-15-20-17(23)7-6-8-18(20)28-21(15)30/h6-10,12-13,28,30H,3-5,11H2,1-2H3. The molecule has 1 heterocycles. The minimum atomic E-state index is -4.55. The average molecular weight is 421 g/mol. The van der Waals surface area contributed by atoms with Gasteiger partial charge in [0.25, 0.3) is 0 Å². The molecule has 0 aliphatic heterocycles. The minimum absolute atomic E-state index is 0.0581. The van der Waals surface area contributed by atoms with E-state index >= 15 is 0 Å². The van der Waals surface area contributed by atoms with Crippen LogP contribution in [0.3, 0.4) is 0 Å². The van der Waals surface area contributed by atoms with Crippen LogP contribution in [0.25, 0.3) is 10.9 Å². The van der Waals surface area contributed by atoms with Gasteiger partial charge in [-0.25, -0.2) is 4.39 Å². The second-order valence-electron chi connectivity index (χ2n) is 6.94. The monoisotopic (exact) mass is 421 g/mol. The van der Waals surface area contributed by atoms with Crippen LogP contribution >= 0.6 is 0 Å². The number of benzene rings is 2. The number of rotatable bonds is 7. The Morgan fingerprint density at radius 2 is 1.93 bits per heavy atom. The van der Waals surface area contributed by atoms with Gasteiger partial charge in [0.15, 0.2) is 5.88 Å². The van der Waals surface area contributed by atoms with E-state index in [4.69, 9.17) is 0 Å². The highest BCUT2D eigenvalue weighted by Crippen LogP contribution is 2.39. The third kappa shape index (κ3) is 4.42. The number of fused-ring (bicyclic) bond motifs is 1. The maximum absolute atomic E-state index is 14.1. The number of nitrogens with zero attached hydrogens (tertiary/aromatic N) is 2. The van der Waals surface area contributed by atoms with E-state index in [2.05, 4.69) is 9.98 Å². The smallest absolute Gasteiger partial charge is 0.418 e. The van der Waals surface area contributed by atoms with Crippen molar-refractivity contribution in [2.75, 3.05) is 18.0 Å². The molecule has 1 aromatic heterocycles. The van der Waals surface area contributed by atoms with Crippen LogP contribution in [0.5, 0.6) is 5.88 Å². The molecule has 30 heavy (non-hydrogen) atoms. The maximum Gasteiger partial charge on any atom is 0.418 e. The number of alkyl halides is 3. The number of aromatic nitrogens is 1. The molecule has 160 valence electrons. The summed E-state index contributed by atoms with van der Waals surface area (Å²) in [4.78, 5) is 8.40. The molecule has 2 aromatic carbocycles. The Morgan fingerprint density at radius 1 is 1.17 bits per heavy atom. The van der Waals surface area contributed by atoms with Crippen molar-refractivity contribution in [2.24, 2.45) is 4.99 Å². The highest BCUT2D eigenvalue weighted by atomic mass is 19.4. The molecule has 0 amide bonds. The topological polar surface area (TPSA) is 51.6 Å². The van der Waals surface area contributed by atoms with Gasteiger partial charge in [-0.2, -0.15) is 13.2 Å². The molecule has 3 rings (SSSR count). The SMILES string of the molecule is CCCCN(CC)c1ccc(N=Cc2c(O)[nH]c3cccc(F)c23)cc1C(F)(F)F. The van der Waals surface area contributed by atoms with Crippen molar-refractivity contribution < 1.29 is 22.7 Å². The van der Waals surface area contributed by atoms with Gasteiger partial charge in [-0.1, -0.05) is 19.4 Å². The number of unbranched alkanes of at least 4 members (excludes halogenated alkanes) is 1. The van der Waals surface area contributed by atoms with Crippen LogP contribution in [0, 0.1) is 5.82 Å². The zero-order valence-corrected chi connectivity index (χ0v) is 16.7. The average Bonchev–Trinajstić information content (AvgIpc) is 3.03. The molecular formula is C22H23F4N3O. The van der Waals surface area contributed by atoms with Crippen molar-refractivity contribution in [3.8, 4) is 5.88 Å². The van der Waals surface area contributed by atoms with E-state index in [0.717, 1.165) is 18.9 Å². The molecule has 0 saturated carbocycles. The van der Waals surface area contributed by atoms with E-state index in [1.807, 2.05) is 13.8 Å². The first kappa shape index (κ1) is 21.7. The van der Waals surface area contributed by atoms with Crippen molar-refractivity contribution in [1.82, 2.24) is 4.98 Å². The fraction of sp³-hybridized carbons (Fsp3) is 0.318. The van der Waals surface area contributed by atoms with E-state index in [-0.39, 0.29) is 28.2 Å². The molecule has 0 saturated heterocycles. The molecule has 0 atom stereocenters. The van der Waals surface area contributed by atoms with Crippen LogP contribution in [-0.2, 0) is 6.18 Å². The second kappa shape index (κ2) is 8.77. The lowest BCUT2D eigenvalue weighted by Crippen LogP contribution is -2.26. The van der Waals surface area contributed by atoms with Crippen LogP contribution in [0.1, 0.15) is 37.8 Å². The summed E-state index contributed by atoms with van der Waals surface area (Å²) < 4.78 is 55.3. The fourth-order valence-electron chi connectivity index (χ4n) is 3.39. The van der Waals surface area contributed by atoms with E-state index in [1.165, 1.54) is 30.5 Å². The van der Waals surface area contributed by atoms with Crippen LogP contribution in [-0.4, -0.2) is 29.4 Å². The van der Waals surface area contributed by atoms with E-state index in [0.29, 0.717) is 18.6 Å². The van der Waals surface area contributed by atoms with Crippen molar-refractivity contribution in [1.29, 1.82) is 0 Å². The van der Waals surface area contributed by atoms with Gasteiger partial charge >= 0.3 is 6.18 Å². The van der Waals surface area contributed by atoms with Gasteiger partial charge in [-0.3, -0.25) is 4.99 Å². The first-order valence-corrected chi connectivity index (χ1v) is 9.75. The summed E-state index contributed by atoms with van der Waals surface area (Å²) in [6, 6.07) is 8.17. The van der Waals surface area contributed by atoms with Crippen molar-refractivity contribution in [3.05, 3.63) is 53.3 Å². The lowest BCUT2D eigenvalue weighted by Gasteiger charge is -2.26. The molecule has 0 radical (unpaired) electrons. The normalized spacial score (nSPS) is 12.2.